The first kappa shape index (κ1) is 25.7. The molecule has 4 bridgehead atoms. The number of rotatable bonds is 3. The molecule has 5 rings (SSSR count). The van der Waals surface area contributed by atoms with Crippen molar-refractivity contribution in [2.24, 2.45) is 0 Å². The van der Waals surface area contributed by atoms with Gasteiger partial charge in [0.1, 0.15) is 17.7 Å². The summed E-state index contributed by atoms with van der Waals surface area (Å²) in [4.78, 5) is 36.1. The summed E-state index contributed by atoms with van der Waals surface area (Å²) in [6, 6.07) is 5.08. The summed E-state index contributed by atoms with van der Waals surface area (Å²) in [7, 11) is 0. The number of amides is 2. The Morgan fingerprint density at radius 2 is 2.08 bits per heavy atom. The van der Waals surface area contributed by atoms with Crippen LogP contribution in [0.25, 0.3) is 0 Å². The van der Waals surface area contributed by atoms with Crippen LogP contribution in [0.4, 0.5) is 0 Å². The molecule has 10 nitrogen and oxygen atoms in total. The molecule has 1 aromatic heterocycles. The molecular weight excluding hydrogens is 474 g/mol. The van der Waals surface area contributed by atoms with Gasteiger partial charge in [-0.25, -0.2) is 4.98 Å². The van der Waals surface area contributed by atoms with Gasteiger partial charge >= 0.3 is 0 Å². The van der Waals surface area contributed by atoms with Crippen LogP contribution in [0.3, 0.4) is 0 Å². The van der Waals surface area contributed by atoms with Gasteiger partial charge < -0.3 is 30.2 Å². The number of aromatic nitrogens is 2. The number of benzene rings is 1. The van der Waals surface area contributed by atoms with E-state index < -0.39 is 18.2 Å². The quantitative estimate of drug-likeness (QED) is 0.494. The minimum atomic E-state index is -0.625. The van der Waals surface area contributed by atoms with E-state index in [1.165, 1.54) is 0 Å². The molecule has 2 amide bonds. The Kier molecular flexibility index (Phi) is 7.78. The maximum absolute atomic E-state index is 13.4. The van der Waals surface area contributed by atoms with Gasteiger partial charge in [-0.2, -0.15) is 0 Å². The third-order valence-corrected chi connectivity index (χ3v) is 7.62. The van der Waals surface area contributed by atoms with Crippen LogP contribution in [0.5, 0.6) is 5.75 Å². The molecule has 0 radical (unpaired) electrons. The largest absolute Gasteiger partial charge is 0.493 e. The summed E-state index contributed by atoms with van der Waals surface area (Å²) in [5.41, 5.74) is 1.58. The highest BCUT2D eigenvalue weighted by atomic mass is 16.5. The summed E-state index contributed by atoms with van der Waals surface area (Å²) < 4.78 is 12.3. The van der Waals surface area contributed by atoms with E-state index in [1.54, 1.807) is 12.4 Å². The predicted octanol–water partition coefficient (Wildman–Crippen LogP) is 1.71. The first-order valence-electron chi connectivity index (χ1n) is 13.3. The smallest absolute Gasteiger partial charge is 0.255 e. The standard InChI is InChI=1S/C27H37N5O5/c1-16(2)17-3-5-20-23(11-17)36-10-7-19-4-6-22(33)24(37-19)13-30-27(35)21-12-18(31-26(20)34)14-32(21)15-25-28-8-9-29-25/h3,5,8-9,11,16,18-19,21-22,24,33H,4,6-7,10,12-15H2,1-2H3,(H,28,29)(H,30,35)(H,31,34)/t18-,19-,21-,22-,24+/m0/s1. The molecule has 2 fully saturated rings. The third-order valence-electron chi connectivity index (χ3n) is 7.62. The molecule has 2 saturated heterocycles. The molecule has 2 aromatic rings. The van der Waals surface area contributed by atoms with Crippen LogP contribution in [0.15, 0.2) is 30.6 Å². The average Bonchev–Trinajstić information content (AvgIpc) is 3.53. The van der Waals surface area contributed by atoms with Gasteiger partial charge in [0.2, 0.25) is 5.91 Å². The second-order valence-corrected chi connectivity index (χ2v) is 10.6. The summed E-state index contributed by atoms with van der Waals surface area (Å²) in [5, 5.41) is 16.6. The number of carbonyl (C=O) groups is 2. The van der Waals surface area contributed by atoms with Crippen molar-refractivity contribution in [3.63, 3.8) is 0 Å². The van der Waals surface area contributed by atoms with Crippen molar-refractivity contribution >= 4 is 11.8 Å². The van der Waals surface area contributed by atoms with Gasteiger partial charge in [-0.05, 0) is 42.9 Å². The van der Waals surface area contributed by atoms with Crippen molar-refractivity contribution in [2.45, 2.75) is 82.4 Å². The Labute approximate surface area is 217 Å². The molecule has 0 spiro atoms. The molecule has 4 heterocycles. The fourth-order valence-corrected chi connectivity index (χ4v) is 5.46. The van der Waals surface area contributed by atoms with Gasteiger partial charge in [-0.3, -0.25) is 14.5 Å². The SMILES string of the molecule is CC(C)c1ccc2c(c1)OCC[C@@H]1CC[C@H](O)[C@@H](CNC(=O)[C@@H]3C[C@@H](CN3Cc3ncc[nH]3)NC2=O)O1. The molecule has 4 N–H and O–H groups in total. The van der Waals surface area contributed by atoms with Crippen LogP contribution in [-0.2, 0) is 16.1 Å². The van der Waals surface area contributed by atoms with Gasteiger partial charge in [-0.15, -0.1) is 0 Å². The number of H-pyrrole nitrogens is 1. The van der Waals surface area contributed by atoms with Crippen molar-refractivity contribution in [2.75, 3.05) is 19.7 Å². The van der Waals surface area contributed by atoms with Crippen LogP contribution in [0.1, 0.15) is 67.2 Å². The Balaban J connectivity index is 1.42. The summed E-state index contributed by atoms with van der Waals surface area (Å²) in [6.45, 7) is 5.81. The number of aromatic amines is 1. The van der Waals surface area contributed by atoms with Crippen molar-refractivity contribution in [3.8, 4) is 5.75 Å². The van der Waals surface area contributed by atoms with E-state index in [1.807, 2.05) is 23.1 Å². The lowest BCUT2D eigenvalue weighted by Crippen LogP contribution is -2.50. The number of imidazole rings is 1. The van der Waals surface area contributed by atoms with Gasteiger partial charge in [-0.1, -0.05) is 19.9 Å². The third kappa shape index (κ3) is 5.97. The van der Waals surface area contributed by atoms with Crippen LogP contribution in [0.2, 0.25) is 0 Å². The maximum Gasteiger partial charge on any atom is 0.255 e. The number of hydrogen-bond acceptors (Lipinski definition) is 7. The number of carbonyl (C=O) groups excluding carboxylic acids is 2. The number of ether oxygens (including phenoxy) is 2. The summed E-state index contributed by atoms with van der Waals surface area (Å²) in [5.74, 6) is 1.26. The van der Waals surface area contributed by atoms with Crippen molar-refractivity contribution in [1.82, 2.24) is 25.5 Å². The first-order valence-corrected chi connectivity index (χ1v) is 13.3. The Morgan fingerprint density at radius 1 is 1.22 bits per heavy atom. The minimum Gasteiger partial charge on any atom is -0.493 e. The average molecular weight is 512 g/mol. The highest BCUT2D eigenvalue weighted by molar-refractivity contribution is 5.97. The fourth-order valence-electron chi connectivity index (χ4n) is 5.46. The van der Waals surface area contributed by atoms with Crippen molar-refractivity contribution in [1.29, 1.82) is 0 Å². The van der Waals surface area contributed by atoms with Gasteiger partial charge in [0.15, 0.2) is 0 Å². The number of hydrogen-bond donors (Lipinski definition) is 4. The van der Waals surface area contributed by atoms with Crippen molar-refractivity contribution < 1.29 is 24.2 Å². The summed E-state index contributed by atoms with van der Waals surface area (Å²) >= 11 is 0. The van der Waals surface area contributed by atoms with Crippen LogP contribution < -0.4 is 15.4 Å². The molecule has 0 unspecified atom stereocenters. The van der Waals surface area contributed by atoms with E-state index in [4.69, 9.17) is 9.47 Å². The number of nitrogens with one attached hydrogen (secondary N) is 3. The normalized spacial score (nSPS) is 29.4. The van der Waals surface area contributed by atoms with E-state index in [0.717, 1.165) is 17.8 Å². The van der Waals surface area contributed by atoms with E-state index in [-0.39, 0.29) is 30.5 Å². The Morgan fingerprint density at radius 3 is 2.86 bits per heavy atom. The fraction of sp³-hybridized carbons (Fsp3) is 0.593. The molecule has 1 aromatic carbocycles. The molecule has 10 heteroatoms. The lowest BCUT2D eigenvalue weighted by molar-refractivity contribution is -0.133. The lowest BCUT2D eigenvalue weighted by Gasteiger charge is -2.34. The highest BCUT2D eigenvalue weighted by Gasteiger charge is 2.39. The zero-order valence-electron chi connectivity index (χ0n) is 21.5. The zero-order chi connectivity index (χ0) is 25.9. The summed E-state index contributed by atoms with van der Waals surface area (Å²) in [6.07, 6.45) is 4.68. The second kappa shape index (κ2) is 11.2. The molecule has 0 aliphatic carbocycles. The van der Waals surface area contributed by atoms with E-state index in [0.29, 0.717) is 56.2 Å². The number of aliphatic hydroxyl groups is 1. The highest BCUT2D eigenvalue weighted by Crippen LogP contribution is 2.28. The van der Waals surface area contributed by atoms with E-state index in [9.17, 15) is 14.7 Å². The van der Waals surface area contributed by atoms with Crippen LogP contribution in [0, 0.1) is 0 Å². The Bertz CT molecular complexity index is 1090. The number of aliphatic hydroxyl groups excluding tert-OH is 1. The molecule has 3 aliphatic heterocycles. The molecule has 3 aliphatic rings. The second-order valence-electron chi connectivity index (χ2n) is 10.6. The minimum absolute atomic E-state index is 0.0879. The topological polar surface area (TPSA) is 129 Å². The zero-order valence-corrected chi connectivity index (χ0v) is 21.5. The molecule has 200 valence electrons. The molecule has 5 atom stereocenters. The molecular formula is C27H37N5O5. The van der Waals surface area contributed by atoms with Crippen LogP contribution in [-0.4, -0.2) is 81.9 Å². The maximum atomic E-state index is 13.4. The molecule has 0 saturated carbocycles. The predicted molar refractivity (Wildman–Crippen MR) is 136 cm³/mol. The number of likely N-dealkylation sites (tertiary alicyclic amines) is 1. The van der Waals surface area contributed by atoms with E-state index in [2.05, 4.69) is 34.4 Å². The van der Waals surface area contributed by atoms with Gasteiger partial charge in [0.25, 0.3) is 5.91 Å². The van der Waals surface area contributed by atoms with Gasteiger partial charge in [0, 0.05) is 37.9 Å². The van der Waals surface area contributed by atoms with Crippen molar-refractivity contribution in [3.05, 3.63) is 47.5 Å². The van der Waals surface area contributed by atoms with E-state index >= 15 is 0 Å². The Hall–Kier alpha value is -2.95. The number of nitrogens with zero attached hydrogens (tertiary/aromatic N) is 2. The number of fused-ring (bicyclic) bond motifs is 5. The first-order chi connectivity index (χ1) is 17.9. The van der Waals surface area contributed by atoms with Crippen LogP contribution >= 0.6 is 0 Å². The van der Waals surface area contributed by atoms with Gasteiger partial charge in [0.05, 0.1) is 37.0 Å². The lowest BCUT2D eigenvalue weighted by atomic mass is 9.99. The monoisotopic (exact) mass is 511 g/mol. The molecule has 37 heavy (non-hydrogen) atoms.